The van der Waals surface area contributed by atoms with Crippen LogP contribution in [0.15, 0.2) is 0 Å². The van der Waals surface area contributed by atoms with Gasteiger partial charge in [-0.05, 0) is 23.7 Å². The molecule has 0 aromatic rings. The van der Waals surface area contributed by atoms with E-state index < -0.39 is 18.5 Å². The highest BCUT2D eigenvalue weighted by atomic mass is 31.2. The van der Waals surface area contributed by atoms with Gasteiger partial charge < -0.3 is 0 Å². The summed E-state index contributed by atoms with van der Waals surface area (Å²) in [6.45, 7) is 21.4. The Kier molecular flexibility index (Phi) is 8.89. The van der Waals surface area contributed by atoms with Crippen LogP contribution in [0.4, 0.5) is 0 Å². The van der Waals surface area contributed by atoms with E-state index in [0.29, 0.717) is 0 Å². The highest BCUT2D eigenvalue weighted by Crippen LogP contribution is 2.57. The molecule has 0 unspecified atom stereocenters. The molecule has 0 saturated heterocycles. The lowest BCUT2D eigenvalue weighted by Crippen LogP contribution is -2.33. The van der Waals surface area contributed by atoms with Crippen molar-refractivity contribution in [3.05, 3.63) is 0 Å². The first-order valence-corrected chi connectivity index (χ1v) is 10.7. The van der Waals surface area contributed by atoms with Crippen molar-refractivity contribution in [2.24, 2.45) is 29.1 Å². The second-order valence-corrected chi connectivity index (χ2v) is 11.0. The van der Waals surface area contributed by atoms with Gasteiger partial charge in [0.25, 0.3) is 0 Å². The number of hydrogen-bond acceptors (Lipinski definition) is 4. The van der Waals surface area contributed by atoms with Crippen LogP contribution >= 0.6 is 7.60 Å². The first kappa shape index (κ1) is 23.8. The van der Waals surface area contributed by atoms with Crippen molar-refractivity contribution < 1.29 is 18.4 Å². The summed E-state index contributed by atoms with van der Waals surface area (Å²) in [6, 6.07) is 0. The van der Waals surface area contributed by atoms with Crippen LogP contribution in [0, 0.1) is 29.1 Å². The van der Waals surface area contributed by atoms with E-state index in [1.54, 1.807) is 20.8 Å². The van der Waals surface area contributed by atoms with Crippen LogP contribution in [-0.4, -0.2) is 17.7 Å². The molecule has 144 valence electrons. The van der Waals surface area contributed by atoms with Crippen molar-refractivity contribution in [3.8, 4) is 0 Å². The van der Waals surface area contributed by atoms with Crippen LogP contribution < -0.4 is 0 Å². The van der Waals surface area contributed by atoms with Gasteiger partial charge in [0, 0.05) is 5.41 Å². The van der Waals surface area contributed by atoms with Crippen LogP contribution in [0.1, 0.15) is 76.2 Å². The number of rotatable bonds is 9. The molecule has 0 bridgehead atoms. The molecule has 0 heterocycles. The van der Waals surface area contributed by atoms with Gasteiger partial charge in [-0.25, -0.2) is 0 Å². The van der Waals surface area contributed by atoms with Gasteiger partial charge in [-0.1, -0.05) is 76.2 Å². The van der Waals surface area contributed by atoms with Gasteiger partial charge in [0.05, 0.1) is 12.2 Å². The van der Waals surface area contributed by atoms with E-state index in [1.165, 1.54) is 0 Å². The third-order valence-electron chi connectivity index (χ3n) is 4.04. The van der Waals surface area contributed by atoms with E-state index in [2.05, 4.69) is 0 Å². The smallest absolute Gasteiger partial charge is 0.299 e. The molecule has 0 aromatic heterocycles. The summed E-state index contributed by atoms with van der Waals surface area (Å²) >= 11 is 0. The molecule has 0 fully saturated rings. The molecule has 0 N–H and O–H groups in total. The van der Waals surface area contributed by atoms with E-state index in [0.717, 1.165) is 0 Å². The first-order chi connectivity index (χ1) is 10.6. The average Bonchev–Trinajstić information content (AvgIpc) is 2.39. The van der Waals surface area contributed by atoms with E-state index >= 15 is 0 Å². The highest BCUT2D eigenvalue weighted by Gasteiger charge is 2.47. The molecule has 0 amide bonds. The Hall–Kier alpha value is -0.180. The van der Waals surface area contributed by atoms with Crippen LogP contribution in [-0.2, 0) is 18.4 Å². The minimum absolute atomic E-state index is 0.145. The van der Waals surface area contributed by atoms with Crippen molar-refractivity contribution in [3.63, 3.8) is 0 Å². The molecule has 5 heteroatoms. The maximum Gasteiger partial charge on any atom is 0.397 e. The number of carbonyl (C=O) groups is 1. The Labute approximate surface area is 149 Å². The van der Waals surface area contributed by atoms with Crippen molar-refractivity contribution in [1.29, 1.82) is 0 Å². The SMILES string of the molecule is CC(C)C(OP(=O)(OC(C(C)C)C(C)C)C(=O)C(C)(C)C)C(C)C. The fraction of sp³-hybridized carbons (Fsp3) is 0.947. The highest BCUT2D eigenvalue weighted by molar-refractivity contribution is 7.72. The lowest BCUT2D eigenvalue weighted by molar-refractivity contribution is -0.122. The Morgan fingerprint density at radius 3 is 1.12 bits per heavy atom. The maximum atomic E-state index is 13.6. The normalized spacial score (nSPS) is 14.0. The molecule has 0 saturated carbocycles. The Morgan fingerprint density at radius 1 is 0.708 bits per heavy atom. The molecule has 0 aliphatic heterocycles. The summed E-state index contributed by atoms with van der Waals surface area (Å²) < 4.78 is 25.5. The summed E-state index contributed by atoms with van der Waals surface area (Å²) in [7, 11) is -3.90. The fourth-order valence-electron chi connectivity index (χ4n) is 2.88. The average molecular weight is 362 g/mol. The summed E-state index contributed by atoms with van der Waals surface area (Å²) in [5.74, 6) is 0.579. The minimum Gasteiger partial charge on any atom is -0.299 e. The molecule has 0 spiro atoms. The molecule has 0 rings (SSSR count). The van der Waals surface area contributed by atoms with E-state index in [1.807, 2.05) is 55.4 Å². The summed E-state index contributed by atoms with van der Waals surface area (Å²) in [5, 5.41) is 0. The molecular formula is C19H39O4P. The quantitative estimate of drug-likeness (QED) is 0.462. The van der Waals surface area contributed by atoms with Gasteiger partial charge in [-0.15, -0.1) is 0 Å². The standard InChI is InChI=1S/C19H39O4P/c1-12(2)16(13(3)4)22-24(21,18(20)19(9,10)11)23-17(14(5)6)15(7)8/h12-17H,1-11H3. The lowest BCUT2D eigenvalue weighted by Gasteiger charge is -2.35. The predicted octanol–water partition coefficient (Wildman–Crippen LogP) is 6.15. The van der Waals surface area contributed by atoms with Crippen molar-refractivity contribution in [1.82, 2.24) is 0 Å². The largest absolute Gasteiger partial charge is 0.397 e. The van der Waals surface area contributed by atoms with Crippen LogP contribution in [0.3, 0.4) is 0 Å². The third-order valence-corrected chi connectivity index (χ3v) is 6.25. The Morgan fingerprint density at radius 2 is 0.958 bits per heavy atom. The van der Waals surface area contributed by atoms with Gasteiger partial charge in [0.15, 0.2) is 0 Å². The molecule has 4 nitrogen and oxygen atoms in total. The van der Waals surface area contributed by atoms with Gasteiger partial charge in [-0.3, -0.25) is 18.4 Å². The first-order valence-electron chi connectivity index (χ1n) is 9.15. The summed E-state index contributed by atoms with van der Waals surface area (Å²) in [4.78, 5) is 12.9. The van der Waals surface area contributed by atoms with Crippen molar-refractivity contribution in [2.75, 3.05) is 0 Å². The van der Waals surface area contributed by atoms with Gasteiger partial charge in [0.1, 0.15) is 0 Å². The maximum absolute atomic E-state index is 13.6. The van der Waals surface area contributed by atoms with Crippen LogP contribution in [0.25, 0.3) is 0 Å². The number of hydrogen-bond donors (Lipinski definition) is 0. The summed E-state index contributed by atoms with van der Waals surface area (Å²) in [6.07, 6.45) is -0.579. The molecule has 24 heavy (non-hydrogen) atoms. The van der Waals surface area contributed by atoms with Crippen molar-refractivity contribution >= 4 is 13.1 Å². The molecule has 0 atom stereocenters. The number of carbonyl (C=O) groups excluding carboxylic acids is 1. The van der Waals surface area contributed by atoms with E-state index in [-0.39, 0.29) is 35.9 Å². The van der Waals surface area contributed by atoms with Crippen molar-refractivity contribution in [2.45, 2.75) is 88.4 Å². The van der Waals surface area contributed by atoms with Gasteiger partial charge >= 0.3 is 7.60 Å². The lowest BCUT2D eigenvalue weighted by atomic mass is 9.97. The Bertz CT molecular complexity index is 405. The van der Waals surface area contributed by atoms with Gasteiger partial charge in [-0.2, -0.15) is 0 Å². The second-order valence-electron chi connectivity index (χ2n) is 9.17. The van der Waals surface area contributed by atoms with Crippen LogP contribution in [0.2, 0.25) is 0 Å². The van der Waals surface area contributed by atoms with Crippen LogP contribution in [0.5, 0.6) is 0 Å². The molecular weight excluding hydrogens is 323 g/mol. The molecule has 0 aliphatic carbocycles. The van der Waals surface area contributed by atoms with E-state index in [9.17, 15) is 9.36 Å². The molecule has 0 aromatic carbocycles. The predicted molar refractivity (Wildman–Crippen MR) is 101 cm³/mol. The zero-order valence-corrected chi connectivity index (χ0v) is 18.4. The second kappa shape index (κ2) is 8.96. The van der Waals surface area contributed by atoms with E-state index in [4.69, 9.17) is 9.05 Å². The third kappa shape index (κ3) is 6.61. The van der Waals surface area contributed by atoms with Gasteiger partial charge in [0.2, 0.25) is 5.52 Å². The Balaban J connectivity index is 5.85. The monoisotopic (exact) mass is 362 g/mol. The molecule has 0 radical (unpaired) electrons. The zero-order chi connectivity index (χ0) is 19.5. The zero-order valence-electron chi connectivity index (χ0n) is 17.5. The molecule has 0 aliphatic rings. The minimum atomic E-state index is -3.90. The topological polar surface area (TPSA) is 52.6 Å². The fourth-order valence-corrected chi connectivity index (χ4v) is 5.56. The summed E-state index contributed by atoms with van der Waals surface area (Å²) in [5.41, 5.74) is -1.22.